The van der Waals surface area contributed by atoms with Gasteiger partial charge in [-0.1, -0.05) is 5.16 Å². The number of nitrogens with one attached hydrogen (secondary N) is 2. The van der Waals surface area contributed by atoms with Gasteiger partial charge in [-0.05, 0) is 39.3 Å². The van der Waals surface area contributed by atoms with Crippen LogP contribution in [0, 0.1) is 11.2 Å². The molecule has 0 radical (unpaired) electrons. The van der Waals surface area contributed by atoms with Gasteiger partial charge in [0.1, 0.15) is 11.5 Å². The Morgan fingerprint density at radius 1 is 1.52 bits per heavy atom. The van der Waals surface area contributed by atoms with Crippen LogP contribution in [-0.4, -0.2) is 29.8 Å². The van der Waals surface area contributed by atoms with Gasteiger partial charge in [0.15, 0.2) is 11.5 Å². The van der Waals surface area contributed by atoms with Gasteiger partial charge in [-0.25, -0.2) is 19.2 Å². The van der Waals surface area contributed by atoms with Crippen LogP contribution in [0.1, 0.15) is 11.4 Å². The molecule has 0 fully saturated rings. The Kier molecular flexibility index (Phi) is 5.06. The highest BCUT2D eigenvalue weighted by Gasteiger charge is 2.22. The number of nitrogens with two attached hydrogens (primary N) is 1. The fraction of sp³-hybridized carbons (Fsp3) is 0.100. The molecule has 0 aliphatic rings. The van der Waals surface area contributed by atoms with Crippen molar-refractivity contribution in [1.82, 2.24) is 15.0 Å². The molecule has 0 saturated carbocycles. The largest absolute Gasteiger partial charge is 0.282 e. The summed E-state index contributed by atoms with van der Waals surface area (Å²) in [6, 6.07) is 3.55. The second-order valence-electron chi connectivity index (χ2n) is 4.18. The highest BCUT2D eigenvalue weighted by molar-refractivity contribution is 9.10. The maximum absolute atomic E-state index is 13.2. The Balaban J connectivity index is 2.23. The smallest absolute Gasteiger partial charge is 0.274 e. The van der Waals surface area contributed by atoms with E-state index in [1.54, 1.807) is 0 Å². The highest BCUT2D eigenvalue weighted by atomic mass is 79.9. The molecule has 23 heavy (non-hydrogen) atoms. The molecule has 1 aromatic heterocycles. The third kappa shape index (κ3) is 4.29. The number of benzene rings is 1. The number of halogens is 2. The Morgan fingerprint density at radius 3 is 2.83 bits per heavy atom. The molecule has 0 aliphatic heterocycles. The molecule has 2 rings (SSSR count). The number of hydrogen-bond acceptors (Lipinski definition) is 7. The minimum absolute atomic E-state index is 0.0655. The zero-order chi connectivity index (χ0) is 17.2. The van der Waals surface area contributed by atoms with Crippen molar-refractivity contribution < 1.29 is 22.6 Å². The summed E-state index contributed by atoms with van der Waals surface area (Å²) in [7, 11) is -3.98. The summed E-state index contributed by atoms with van der Waals surface area (Å²) in [4.78, 5) is 0. The molecule has 0 bridgehead atoms. The van der Waals surface area contributed by atoms with Crippen LogP contribution in [0.25, 0.3) is 0 Å². The normalized spacial score (nSPS) is 11.5. The zero-order valence-corrected chi connectivity index (χ0v) is 13.6. The van der Waals surface area contributed by atoms with E-state index in [1.165, 1.54) is 12.1 Å². The van der Waals surface area contributed by atoms with Gasteiger partial charge >= 0.3 is 0 Å². The fourth-order valence-corrected chi connectivity index (χ4v) is 2.22. The zero-order valence-electron chi connectivity index (χ0n) is 11.2. The van der Waals surface area contributed by atoms with Crippen molar-refractivity contribution in [3.05, 3.63) is 39.9 Å². The predicted molar refractivity (Wildman–Crippen MR) is 79.4 cm³/mol. The molecule has 13 heteroatoms. The van der Waals surface area contributed by atoms with E-state index in [4.69, 9.17) is 10.5 Å². The third-order valence-corrected chi connectivity index (χ3v) is 3.74. The number of nitrogens with zero attached hydrogens (tertiary/aromatic N) is 3. The van der Waals surface area contributed by atoms with Gasteiger partial charge in [-0.15, -0.1) is 0 Å². The van der Waals surface area contributed by atoms with Crippen LogP contribution in [0.15, 0.2) is 27.3 Å². The van der Waals surface area contributed by atoms with Crippen molar-refractivity contribution in [1.29, 1.82) is 5.41 Å². The molecule has 0 saturated heterocycles. The van der Waals surface area contributed by atoms with Crippen molar-refractivity contribution in [3.8, 4) is 0 Å². The molecular formula is C10H10BrFN6O4S. The number of hydroxylamine groups is 1. The summed E-state index contributed by atoms with van der Waals surface area (Å²) in [5.74, 6) is -1.11. The van der Waals surface area contributed by atoms with Crippen LogP contribution < -0.4 is 14.9 Å². The average Bonchev–Trinajstić information content (AvgIpc) is 2.94. The predicted octanol–water partition coefficient (Wildman–Crippen LogP) is 0.485. The lowest BCUT2D eigenvalue weighted by molar-refractivity contribution is 0.297. The number of amidine groups is 1. The minimum atomic E-state index is -3.98. The van der Waals surface area contributed by atoms with E-state index < -0.39 is 21.9 Å². The SMILES string of the molecule is N=C(c1nonc1CNS(N)(=O)=O)N(O)c1ccc(F)c(Br)c1. The summed E-state index contributed by atoms with van der Waals surface area (Å²) in [5.41, 5.74) is -0.218. The van der Waals surface area contributed by atoms with Crippen molar-refractivity contribution in [3.63, 3.8) is 0 Å². The Hall–Kier alpha value is -1.93. The molecular weight excluding hydrogens is 399 g/mol. The first-order valence-corrected chi connectivity index (χ1v) is 8.15. The lowest BCUT2D eigenvalue weighted by Crippen LogP contribution is -2.32. The van der Waals surface area contributed by atoms with E-state index in [1.807, 2.05) is 4.72 Å². The fourth-order valence-electron chi connectivity index (χ4n) is 1.52. The lowest BCUT2D eigenvalue weighted by atomic mass is 10.2. The molecule has 1 heterocycles. The van der Waals surface area contributed by atoms with Gasteiger partial charge in [0.25, 0.3) is 10.2 Å². The minimum Gasteiger partial charge on any atom is -0.282 e. The van der Waals surface area contributed by atoms with Gasteiger partial charge in [-0.2, -0.15) is 13.1 Å². The van der Waals surface area contributed by atoms with Crippen LogP contribution in [0.3, 0.4) is 0 Å². The molecule has 0 spiro atoms. The standard InChI is InChI=1S/C10H10BrFN6O4S/c11-6-3-5(1-2-7(6)12)18(19)10(13)9-8(16-22-17-9)4-15-23(14,20)21/h1-3,13,15,19H,4H2,(H2,14,20,21). The second kappa shape index (κ2) is 6.67. The summed E-state index contributed by atoms with van der Waals surface area (Å²) < 4.78 is 41.4. The molecule has 10 nitrogen and oxygen atoms in total. The molecule has 5 N–H and O–H groups in total. The average molecular weight is 409 g/mol. The molecule has 2 aromatic rings. The van der Waals surface area contributed by atoms with E-state index in [0.717, 1.165) is 6.07 Å². The van der Waals surface area contributed by atoms with Gasteiger partial charge < -0.3 is 0 Å². The molecule has 124 valence electrons. The maximum atomic E-state index is 13.2. The summed E-state index contributed by atoms with van der Waals surface area (Å²) in [6.45, 7) is -0.388. The van der Waals surface area contributed by atoms with Crippen LogP contribution in [0.4, 0.5) is 10.1 Å². The lowest BCUT2D eigenvalue weighted by Gasteiger charge is -2.16. The highest BCUT2D eigenvalue weighted by Crippen LogP contribution is 2.23. The number of aromatic nitrogens is 2. The molecule has 0 aliphatic carbocycles. The van der Waals surface area contributed by atoms with Gasteiger partial charge in [0.05, 0.1) is 16.7 Å². The number of rotatable bonds is 5. The first-order chi connectivity index (χ1) is 10.7. The summed E-state index contributed by atoms with van der Waals surface area (Å²) in [6.07, 6.45) is 0. The summed E-state index contributed by atoms with van der Waals surface area (Å²) in [5, 5.41) is 30.0. The summed E-state index contributed by atoms with van der Waals surface area (Å²) >= 11 is 2.95. The Morgan fingerprint density at radius 2 is 2.22 bits per heavy atom. The van der Waals surface area contributed by atoms with Crippen molar-refractivity contribution in [2.24, 2.45) is 5.14 Å². The van der Waals surface area contributed by atoms with Gasteiger partial charge in [0, 0.05) is 0 Å². The Labute approximate surface area is 137 Å². The van der Waals surface area contributed by atoms with E-state index in [2.05, 4.69) is 30.9 Å². The van der Waals surface area contributed by atoms with Crippen LogP contribution >= 0.6 is 15.9 Å². The van der Waals surface area contributed by atoms with Gasteiger partial charge in [0.2, 0.25) is 0 Å². The molecule has 1 aromatic carbocycles. The molecule has 0 unspecified atom stereocenters. The van der Waals surface area contributed by atoms with Crippen molar-refractivity contribution in [2.75, 3.05) is 5.06 Å². The molecule has 0 amide bonds. The number of hydrogen-bond donors (Lipinski definition) is 4. The van der Waals surface area contributed by atoms with E-state index >= 15 is 0 Å². The van der Waals surface area contributed by atoms with E-state index in [9.17, 15) is 18.0 Å². The van der Waals surface area contributed by atoms with Crippen LogP contribution in [0.5, 0.6) is 0 Å². The van der Waals surface area contributed by atoms with E-state index in [-0.39, 0.29) is 28.1 Å². The first-order valence-electron chi connectivity index (χ1n) is 5.81. The van der Waals surface area contributed by atoms with Crippen LogP contribution in [-0.2, 0) is 16.8 Å². The van der Waals surface area contributed by atoms with Crippen LogP contribution in [0.2, 0.25) is 0 Å². The third-order valence-electron chi connectivity index (χ3n) is 2.58. The monoisotopic (exact) mass is 408 g/mol. The Bertz CT molecular complexity index is 842. The van der Waals surface area contributed by atoms with Crippen molar-refractivity contribution in [2.45, 2.75) is 6.54 Å². The molecule has 0 atom stereocenters. The van der Waals surface area contributed by atoms with Crippen molar-refractivity contribution >= 4 is 37.7 Å². The first kappa shape index (κ1) is 17.4. The van der Waals surface area contributed by atoms with E-state index in [0.29, 0.717) is 5.06 Å². The van der Waals surface area contributed by atoms with Gasteiger partial charge in [-0.3, -0.25) is 10.6 Å². The second-order valence-corrected chi connectivity index (χ2v) is 6.42. The quantitative estimate of drug-likeness (QED) is 0.318. The maximum Gasteiger partial charge on any atom is 0.274 e. The number of anilines is 1. The topological polar surface area (TPSA) is 158 Å².